The summed E-state index contributed by atoms with van der Waals surface area (Å²) in [6, 6.07) is 2.07. The lowest BCUT2D eigenvalue weighted by Crippen LogP contribution is -2.19. The molecule has 2 aromatic rings. The minimum atomic E-state index is 0.657. The molecular formula is C12H18N4. The predicted octanol–water partition coefficient (Wildman–Crippen LogP) is 2.01. The molecule has 0 saturated carbocycles. The first kappa shape index (κ1) is 11.1. The lowest BCUT2D eigenvalue weighted by Gasteiger charge is -2.04. The third kappa shape index (κ3) is 2.58. The van der Waals surface area contributed by atoms with Gasteiger partial charge in [0, 0.05) is 6.20 Å². The maximum atomic E-state index is 4.42. The van der Waals surface area contributed by atoms with E-state index in [4.69, 9.17) is 0 Å². The number of nitrogens with one attached hydrogen (secondary N) is 2. The van der Waals surface area contributed by atoms with E-state index in [1.54, 1.807) is 0 Å². The third-order valence-electron chi connectivity index (χ3n) is 2.37. The largest absolute Gasteiger partial charge is 0.340 e. The molecular weight excluding hydrogens is 200 g/mol. The van der Waals surface area contributed by atoms with Crippen molar-refractivity contribution in [2.45, 2.75) is 27.3 Å². The topological polar surface area (TPSA) is 53.6 Å². The Morgan fingerprint density at radius 1 is 1.44 bits per heavy atom. The van der Waals surface area contributed by atoms with E-state index in [-0.39, 0.29) is 0 Å². The molecule has 0 spiro atoms. The van der Waals surface area contributed by atoms with E-state index in [2.05, 4.69) is 40.2 Å². The summed E-state index contributed by atoms with van der Waals surface area (Å²) in [5.74, 6) is 1.61. The quantitative estimate of drug-likeness (QED) is 0.825. The fourth-order valence-electron chi connectivity index (χ4n) is 1.62. The van der Waals surface area contributed by atoms with Gasteiger partial charge in [0.15, 0.2) is 5.65 Å². The van der Waals surface area contributed by atoms with Gasteiger partial charge in [0.1, 0.15) is 5.82 Å². The molecule has 0 aliphatic carbocycles. The van der Waals surface area contributed by atoms with Crippen molar-refractivity contribution in [3.05, 3.63) is 23.7 Å². The molecule has 0 amide bonds. The van der Waals surface area contributed by atoms with E-state index in [1.165, 1.54) is 0 Å². The van der Waals surface area contributed by atoms with Crippen LogP contribution >= 0.6 is 0 Å². The normalized spacial score (nSPS) is 11.5. The lowest BCUT2D eigenvalue weighted by molar-refractivity contribution is 0.545. The highest BCUT2D eigenvalue weighted by Crippen LogP contribution is 2.09. The SMILES string of the molecule is Cc1cnc2nc(CNCC(C)C)[nH]c2c1. The monoisotopic (exact) mass is 218 g/mol. The number of nitrogens with zero attached hydrogens (tertiary/aromatic N) is 2. The Morgan fingerprint density at radius 2 is 2.25 bits per heavy atom. The number of H-pyrrole nitrogens is 1. The molecule has 0 fully saturated rings. The number of aromatic amines is 1. The molecule has 0 bridgehead atoms. The number of hydrogen-bond acceptors (Lipinski definition) is 3. The Bertz CT molecular complexity index is 473. The number of pyridine rings is 1. The summed E-state index contributed by atoms with van der Waals surface area (Å²) in [5, 5.41) is 3.36. The Kier molecular flexibility index (Phi) is 3.19. The van der Waals surface area contributed by atoms with Crippen molar-refractivity contribution >= 4 is 11.2 Å². The molecule has 0 radical (unpaired) electrons. The summed E-state index contributed by atoms with van der Waals surface area (Å²) in [6.45, 7) is 8.19. The summed E-state index contributed by atoms with van der Waals surface area (Å²) in [4.78, 5) is 12.0. The summed E-state index contributed by atoms with van der Waals surface area (Å²) >= 11 is 0. The lowest BCUT2D eigenvalue weighted by atomic mass is 10.2. The average molecular weight is 218 g/mol. The second kappa shape index (κ2) is 4.61. The van der Waals surface area contributed by atoms with Crippen LogP contribution in [0, 0.1) is 12.8 Å². The number of aryl methyl sites for hydroxylation is 1. The molecule has 16 heavy (non-hydrogen) atoms. The second-order valence-corrected chi connectivity index (χ2v) is 4.59. The zero-order chi connectivity index (χ0) is 11.5. The van der Waals surface area contributed by atoms with Crippen LogP contribution in [0.4, 0.5) is 0 Å². The Hall–Kier alpha value is -1.42. The van der Waals surface area contributed by atoms with Crippen molar-refractivity contribution in [2.24, 2.45) is 5.92 Å². The minimum Gasteiger partial charge on any atom is -0.340 e. The molecule has 0 aromatic carbocycles. The molecule has 2 rings (SSSR count). The molecule has 0 unspecified atom stereocenters. The van der Waals surface area contributed by atoms with Crippen molar-refractivity contribution in [3.63, 3.8) is 0 Å². The fourth-order valence-corrected chi connectivity index (χ4v) is 1.62. The fraction of sp³-hybridized carbons (Fsp3) is 0.500. The maximum absolute atomic E-state index is 4.42. The molecule has 4 heteroatoms. The van der Waals surface area contributed by atoms with E-state index >= 15 is 0 Å². The van der Waals surface area contributed by atoms with Crippen LogP contribution in [0.15, 0.2) is 12.3 Å². The van der Waals surface area contributed by atoms with Crippen LogP contribution in [-0.2, 0) is 6.54 Å². The average Bonchev–Trinajstić information content (AvgIpc) is 2.58. The molecule has 0 aliphatic heterocycles. The summed E-state index contributed by atoms with van der Waals surface area (Å²) in [7, 11) is 0. The van der Waals surface area contributed by atoms with Crippen LogP contribution in [0.5, 0.6) is 0 Å². The maximum Gasteiger partial charge on any atom is 0.177 e. The van der Waals surface area contributed by atoms with Crippen molar-refractivity contribution in [3.8, 4) is 0 Å². The Balaban J connectivity index is 2.08. The molecule has 2 N–H and O–H groups in total. The molecule has 2 aromatic heterocycles. The van der Waals surface area contributed by atoms with E-state index in [1.807, 2.05) is 13.1 Å². The van der Waals surface area contributed by atoms with Gasteiger partial charge in [0.2, 0.25) is 0 Å². The van der Waals surface area contributed by atoms with Gasteiger partial charge in [-0.25, -0.2) is 9.97 Å². The van der Waals surface area contributed by atoms with Crippen LogP contribution in [0.2, 0.25) is 0 Å². The summed E-state index contributed by atoms with van der Waals surface area (Å²) in [6.07, 6.45) is 1.84. The van der Waals surface area contributed by atoms with Gasteiger partial charge in [-0.05, 0) is 31.0 Å². The van der Waals surface area contributed by atoms with Crippen LogP contribution in [0.25, 0.3) is 11.2 Å². The number of fused-ring (bicyclic) bond motifs is 1. The molecule has 2 heterocycles. The van der Waals surface area contributed by atoms with Gasteiger partial charge in [-0.1, -0.05) is 13.8 Å². The third-order valence-corrected chi connectivity index (χ3v) is 2.37. The number of hydrogen-bond donors (Lipinski definition) is 2. The van der Waals surface area contributed by atoms with Gasteiger partial charge in [-0.2, -0.15) is 0 Å². The summed E-state index contributed by atoms with van der Waals surface area (Å²) < 4.78 is 0. The van der Waals surface area contributed by atoms with Crippen LogP contribution in [0.1, 0.15) is 25.2 Å². The molecule has 0 saturated heterocycles. The van der Waals surface area contributed by atoms with Gasteiger partial charge in [-0.3, -0.25) is 0 Å². The number of imidazole rings is 1. The zero-order valence-corrected chi connectivity index (χ0v) is 10.0. The first-order valence-corrected chi connectivity index (χ1v) is 5.67. The van der Waals surface area contributed by atoms with E-state index in [0.717, 1.165) is 35.6 Å². The van der Waals surface area contributed by atoms with Gasteiger partial charge in [-0.15, -0.1) is 0 Å². The van der Waals surface area contributed by atoms with E-state index < -0.39 is 0 Å². The second-order valence-electron chi connectivity index (χ2n) is 4.59. The number of rotatable bonds is 4. The van der Waals surface area contributed by atoms with Crippen molar-refractivity contribution < 1.29 is 0 Å². The van der Waals surface area contributed by atoms with Gasteiger partial charge in [0.05, 0.1) is 12.1 Å². The molecule has 0 atom stereocenters. The predicted molar refractivity (Wildman–Crippen MR) is 65.2 cm³/mol. The highest BCUT2D eigenvalue weighted by atomic mass is 15.0. The molecule has 4 nitrogen and oxygen atoms in total. The van der Waals surface area contributed by atoms with Crippen LogP contribution in [0.3, 0.4) is 0 Å². The van der Waals surface area contributed by atoms with Gasteiger partial charge >= 0.3 is 0 Å². The summed E-state index contributed by atoms with van der Waals surface area (Å²) in [5.41, 5.74) is 2.96. The zero-order valence-electron chi connectivity index (χ0n) is 10.0. The Morgan fingerprint density at radius 3 is 3.00 bits per heavy atom. The van der Waals surface area contributed by atoms with Gasteiger partial charge < -0.3 is 10.3 Å². The van der Waals surface area contributed by atoms with Crippen molar-refractivity contribution in [1.29, 1.82) is 0 Å². The first-order chi connectivity index (χ1) is 7.65. The highest BCUT2D eigenvalue weighted by Gasteiger charge is 2.03. The Labute approximate surface area is 95.5 Å². The molecule has 86 valence electrons. The first-order valence-electron chi connectivity index (χ1n) is 5.67. The van der Waals surface area contributed by atoms with Gasteiger partial charge in [0.25, 0.3) is 0 Å². The number of aromatic nitrogens is 3. The highest BCUT2D eigenvalue weighted by molar-refractivity contribution is 5.70. The van der Waals surface area contributed by atoms with E-state index in [0.29, 0.717) is 5.92 Å². The van der Waals surface area contributed by atoms with Crippen LogP contribution in [-0.4, -0.2) is 21.5 Å². The van der Waals surface area contributed by atoms with E-state index in [9.17, 15) is 0 Å². The van der Waals surface area contributed by atoms with Crippen LogP contribution < -0.4 is 5.32 Å². The van der Waals surface area contributed by atoms with Crippen molar-refractivity contribution in [2.75, 3.05) is 6.54 Å². The molecule has 0 aliphatic rings. The smallest absolute Gasteiger partial charge is 0.177 e. The standard InChI is InChI=1S/C12H18N4/c1-8(2)5-13-7-11-15-10-4-9(3)6-14-12(10)16-11/h4,6,8,13H,5,7H2,1-3H3,(H,14,15,16). The van der Waals surface area contributed by atoms with Crippen molar-refractivity contribution in [1.82, 2.24) is 20.3 Å². The minimum absolute atomic E-state index is 0.657.